The summed E-state index contributed by atoms with van der Waals surface area (Å²) in [4.78, 5) is 23.3. The number of amides is 3. The van der Waals surface area contributed by atoms with Gasteiger partial charge in [0, 0.05) is 11.7 Å². The fourth-order valence-corrected chi connectivity index (χ4v) is 2.72. The molecule has 0 heterocycles. The molecule has 1 saturated carbocycles. The molecule has 0 aliphatic heterocycles. The molecule has 2 atom stereocenters. The molecule has 2 rings (SSSR count). The van der Waals surface area contributed by atoms with Crippen LogP contribution in [0.15, 0.2) is 24.3 Å². The van der Waals surface area contributed by atoms with Crippen molar-refractivity contribution in [2.24, 2.45) is 11.7 Å². The Balaban J connectivity index is 1.95. The first kappa shape index (κ1) is 17.1. The van der Waals surface area contributed by atoms with Gasteiger partial charge in [-0.05, 0) is 37.1 Å². The van der Waals surface area contributed by atoms with Gasteiger partial charge < -0.3 is 16.4 Å². The second kappa shape index (κ2) is 6.89. The predicted octanol–water partition coefficient (Wildman–Crippen LogP) is 2.87. The first-order valence-electron chi connectivity index (χ1n) is 7.31. The number of primary amides is 1. The van der Waals surface area contributed by atoms with Crippen molar-refractivity contribution < 1.29 is 22.8 Å². The van der Waals surface area contributed by atoms with Crippen LogP contribution in [0.1, 0.15) is 31.2 Å². The second-order valence-electron chi connectivity index (χ2n) is 5.57. The van der Waals surface area contributed by atoms with Crippen LogP contribution >= 0.6 is 0 Å². The number of nitrogens with one attached hydrogen (secondary N) is 2. The van der Waals surface area contributed by atoms with E-state index in [9.17, 15) is 22.8 Å². The van der Waals surface area contributed by atoms with Gasteiger partial charge in [-0.1, -0.05) is 12.8 Å². The topological polar surface area (TPSA) is 84.2 Å². The SMILES string of the molecule is NC(=O)[C@H]1CCCC[C@@H]1NC(=O)Nc1ccc(C(F)(F)F)cc1. The molecular weight excluding hydrogens is 311 g/mol. The maximum absolute atomic E-state index is 12.5. The Morgan fingerprint density at radius 1 is 1.09 bits per heavy atom. The first-order valence-corrected chi connectivity index (χ1v) is 7.31. The van der Waals surface area contributed by atoms with Gasteiger partial charge in [0.2, 0.25) is 5.91 Å². The molecule has 0 radical (unpaired) electrons. The summed E-state index contributed by atoms with van der Waals surface area (Å²) in [7, 11) is 0. The minimum atomic E-state index is -4.42. The van der Waals surface area contributed by atoms with Crippen LogP contribution in [0, 0.1) is 5.92 Å². The smallest absolute Gasteiger partial charge is 0.369 e. The zero-order valence-electron chi connectivity index (χ0n) is 12.3. The molecule has 126 valence electrons. The molecule has 1 aromatic rings. The van der Waals surface area contributed by atoms with Gasteiger partial charge in [0.05, 0.1) is 11.5 Å². The summed E-state index contributed by atoms with van der Waals surface area (Å²) in [6.45, 7) is 0. The summed E-state index contributed by atoms with van der Waals surface area (Å²) < 4.78 is 37.4. The highest BCUT2D eigenvalue weighted by Crippen LogP contribution is 2.30. The Labute approximate surface area is 131 Å². The van der Waals surface area contributed by atoms with E-state index in [0.29, 0.717) is 12.8 Å². The Morgan fingerprint density at radius 3 is 2.26 bits per heavy atom. The van der Waals surface area contributed by atoms with Crippen LogP contribution in [0.4, 0.5) is 23.7 Å². The Bertz CT molecular complexity index is 572. The molecule has 5 nitrogen and oxygen atoms in total. The molecule has 0 saturated heterocycles. The number of carbonyl (C=O) groups is 2. The summed E-state index contributed by atoms with van der Waals surface area (Å²) in [5.74, 6) is -0.869. The predicted molar refractivity (Wildman–Crippen MR) is 78.5 cm³/mol. The van der Waals surface area contributed by atoms with E-state index >= 15 is 0 Å². The fourth-order valence-electron chi connectivity index (χ4n) is 2.72. The Kier molecular flexibility index (Phi) is 5.12. The van der Waals surface area contributed by atoms with Crippen molar-refractivity contribution in [3.8, 4) is 0 Å². The highest BCUT2D eigenvalue weighted by molar-refractivity contribution is 5.90. The van der Waals surface area contributed by atoms with Gasteiger partial charge in [0.15, 0.2) is 0 Å². The van der Waals surface area contributed by atoms with Gasteiger partial charge in [-0.3, -0.25) is 4.79 Å². The zero-order valence-corrected chi connectivity index (χ0v) is 12.3. The number of carbonyl (C=O) groups excluding carboxylic acids is 2. The molecule has 1 aliphatic carbocycles. The Hall–Kier alpha value is -2.25. The number of nitrogens with two attached hydrogens (primary N) is 1. The lowest BCUT2D eigenvalue weighted by Gasteiger charge is -2.29. The van der Waals surface area contributed by atoms with E-state index < -0.39 is 29.6 Å². The summed E-state index contributed by atoms with van der Waals surface area (Å²) >= 11 is 0. The van der Waals surface area contributed by atoms with Gasteiger partial charge in [0.1, 0.15) is 0 Å². The molecule has 0 spiro atoms. The van der Waals surface area contributed by atoms with Gasteiger partial charge in [-0.25, -0.2) is 4.79 Å². The van der Waals surface area contributed by atoms with Crippen LogP contribution in [0.25, 0.3) is 0 Å². The molecule has 0 unspecified atom stereocenters. The molecule has 0 bridgehead atoms. The van der Waals surface area contributed by atoms with E-state index in [1.54, 1.807) is 0 Å². The summed E-state index contributed by atoms with van der Waals surface area (Å²) in [6.07, 6.45) is -1.38. The third-order valence-electron chi connectivity index (χ3n) is 3.92. The lowest BCUT2D eigenvalue weighted by molar-refractivity contribution is -0.137. The number of rotatable bonds is 3. The molecule has 4 N–H and O–H groups in total. The van der Waals surface area contributed by atoms with Crippen LogP contribution in [0.3, 0.4) is 0 Å². The van der Waals surface area contributed by atoms with Gasteiger partial charge in [0.25, 0.3) is 0 Å². The number of urea groups is 1. The minimum Gasteiger partial charge on any atom is -0.369 e. The number of halogens is 3. The fraction of sp³-hybridized carbons (Fsp3) is 0.467. The number of anilines is 1. The highest BCUT2D eigenvalue weighted by Gasteiger charge is 2.31. The zero-order chi connectivity index (χ0) is 17.0. The summed E-state index contributed by atoms with van der Waals surface area (Å²) in [5, 5.41) is 5.13. The lowest BCUT2D eigenvalue weighted by atomic mass is 9.84. The average molecular weight is 329 g/mol. The summed E-state index contributed by atoms with van der Waals surface area (Å²) in [6, 6.07) is 3.22. The molecule has 1 aliphatic rings. The normalized spacial score (nSPS) is 21.5. The van der Waals surface area contributed by atoms with Crippen molar-refractivity contribution in [2.75, 3.05) is 5.32 Å². The van der Waals surface area contributed by atoms with E-state index in [1.807, 2.05) is 0 Å². The van der Waals surface area contributed by atoms with Crippen LogP contribution in [0.5, 0.6) is 0 Å². The van der Waals surface area contributed by atoms with Crippen LogP contribution < -0.4 is 16.4 Å². The maximum Gasteiger partial charge on any atom is 0.416 e. The van der Waals surface area contributed by atoms with Gasteiger partial charge >= 0.3 is 12.2 Å². The minimum absolute atomic E-state index is 0.238. The van der Waals surface area contributed by atoms with E-state index in [4.69, 9.17) is 5.73 Å². The summed E-state index contributed by atoms with van der Waals surface area (Å²) in [5.41, 5.74) is 4.78. The number of hydrogen-bond acceptors (Lipinski definition) is 2. The maximum atomic E-state index is 12.5. The van der Waals surface area contributed by atoms with Crippen molar-refractivity contribution in [3.63, 3.8) is 0 Å². The quantitative estimate of drug-likeness (QED) is 0.796. The van der Waals surface area contributed by atoms with Crippen LogP contribution in [-0.4, -0.2) is 18.0 Å². The molecule has 23 heavy (non-hydrogen) atoms. The van der Waals surface area contributed by atoms with E-state index in [1.165, 1.54) is 12.1 Å². The van der Waals surface area contributed by atoms with Crippen LogP contribution in [0.2, 0.25) is 0 Å². The monoisotopic (exact) mass is 329 g/mol. The van der Waals surface area contributed by atoms with Crippen molar-refractivity contribution in [2.45, 2.75) is 37.9 Å². The number of hydrogen-bond donors (Lipinski definition) is 3. The molecule has 1 fully saturated rings. The third kappa shape index (κ3) is 4.61. The van der Waals surface area contributed by atoms with Gasteiger partial charge in [-0.2, -0.15) is 13.2 Å². The second-order valence-corrected chi connectivity index (χ2v) is 5.57. The average Bonchev–Trinajstić information content (AvgIpc) is 2.47. The Morgan fingerprint density at radius 2 is 1.70 bits per heavy atom. The van der Waals surface area contributed by atoms with E-state index in [2.05, 4.69) is 10.6 Å². The standard InChI is InChI=1S/C15H18F3N3O2/c16-15(17,18)9-5-7-10(8-6-9)20-14(23)21-12-4-2-1-3-11(12)13(19)22/h5-8,11-12H,1-4H2,(H2,19,22)(H2,20,21,23)/t11-,12-/m0/s1. The van der Waals surface area contributed by atoms with Crippen LogP contribution in [-0.2, 0) is 11.0 Å². The van der Waals surface area contributed by atoms with Crippen molar-refractivity contribution in [1.29, 1.82) is 0 Å². The van der Waals surface area contributed by atoms with Crippen molar-refractivity contribution in [3.05, 3.63) is 29.8 Å². The largest absolute Gasteiger partial charge is 0.416 e. The molecule has 3 amide bonds. The number of alkyl halides is 3. The highest BCUT2D eigenvalue weighted by atomic mass is 19.4. The third-order valence-corrected chi connectivity index (χ3v) is 3.92. The lowest BCUT2D eigenvalue weighted by Crippen LogP contribution is -2.48. The molecular formula is C15H18F3N3O2. The van der Waals surface area contributed by atoms with Crippen molar-refractivity contribution in [1.82, 2.24) is 5.32 Å². The van der Waals surface area contributed by atoms with E-state index in [0.717, 1.165) is 25.0 Å². The van der Waals surface area contributed by atoms with Crippen molar-refractivity contribution >= 4 is 17.6 Å². The number of benzene rings is 1. The first-order chi connectivity index (χ1) is 10.8. The molecule has 8 heteroatoms. The molecule has 1 aromatic carbocycles. The van der Waals surface area contributed by atoms with E-state index in [-0.39, 0.29) is 11.7 Å². The van der Waals surface area contributed by atoms with Gasteiger partial charge in [-0.15, -0.1) is 0 Å². The molecule has 0 aromatic heterocycles.